The van der Waals surface area contributed by atoms with Crippen LogP contribution >= 0.6 is 11.3 Å². The number of hydrogen-bond donors (Lipinski definition) is 2. The number of pyridine rings is 1. The summed E-state index contributed by atoms with van der Waals surface area (Å²) >= 11 is 1.59. The Morgan fingerprint density at radius 1 is 1.23 bits per heavy atom. The minimum absolute atomic E-state index is 0.00544. The third-order valence-corrected chi connectivity index (χ3v) is 4.07. The number of carbonyl (C=O) groups excluding carboxylic acids is 2. The fraction of sp³-hybridized carbons (Fsp3) is 0.312. The van der Waals surface area contributed by atoms with Crippen molar-refractivity contribution in [1.29, 1.82) is 0 Å². The molecule has 0 aliphatic heterocycles. The van der Waals surface area contributed by atoms with Crippen molar-refractivity contribution < 1.29 is 9.59 Å². The molecule has 22 heavy (non-hydrogen) atoms. The van der Waals surface area contributed by atoms with Crippen molar-refractivity contribution in [3.8, 4) is 0 Å². The zero-order valence-electron chi connectivity index (χ0n) is 12.6. The van der Waals surface area contributed by atoms with Crippen LogP contribution in [0.3, 0.4) is 0 Å². The first kappa shape index (κ1) is 16.2. The van der Waals surface area contributed by atoms with Gasteiger partial charge in [0.15, 0.2) is 0 Å². The molecule has 2 amide bonds. The van der Waals surface area contributed by atoms with Gasteiger partial charge in [0.2, 0.25) is 5.91 Å². The molecule has 0 aromatic carbocycles. The van der Waals surface area contributed by atoms with Gasteiger partial charge in [-0.3, -0.25) is 14.6 Å². The van der Waals surface area contributed by atoms with Crippen LogP contribution in [0.25, 0.3) is 0 Å². The van der Waals surface area contributed by atoms with E-state index < -0.39 is 6.04 Å². The van der Waals surface area contributed by atoms with Crippen LogP contribution < -0.4 is 10.6 Å². The highest BCUT2D eigenvalue weighted by Crippen LogP contribution is 2.09. The van der Waals surface area contributed by atoms with Gasteiger partial charge in [-0.05, 0) is 29.5 Å². The summed E-state index contributed by atoms with van der Waals surface area (Å²) in [5, 5.41) is 7.62. The van der Waals surface area contributed by atoms with Crippen molar-refractivity contribution in [2.75, 3.05) is 0 Å². The third-order valence-electron chi connectivity index (χ3n) is 3.20. The minimum atomic E-state index is -0.569. The van der Waals surface area contributed by atoms with E-state index in [0.29, 0.717) is 12.1 Å². The summed E-state index contributed by atoms with van der Waals surface area (Å²) in [7, 11) is 0. The van der Waals surface area contributed by atoms with Crippen LogP contribution in [0.1, 0.15) is 29.1 Å². The fourth-order valence-corrected chi connectivity index (χ4v) is 2.60. The summed E-state index contributed by atoms with van der Waals surface area (Å²) in [4.78, 5) is 29.5. The van der Waals surface area contributed by atoms with E-state index in [1.165, 1.54) is 0 Å². The van der Waals surface area contributed by atoms with E-state index in [9.17, 15) is 9.59 Å². The number of carbonyl (C=O) groups is 2. The zero-order chi connectivity index (χ0) is 15.9. The van der Waals surface area contributed by atoms with Crippen LogP contribution in [0.5, 0.6) is 0 Å². The maximum atomic E-state index is 12.3. The highest BCUT2D eigenvalue weighted by Gasteiger charge is 2.24. The standard InChI is InChI=1S/C16H19N3O2S/c1-11(2)14(16(21)18-10-13-4-3-9-22-13)19-15(20)12-5-7-17-8-6-12/h3-9,11,14H,10H2,1-2H3,(H,18,21)(H,19,20)/t14-/m0/s1. The molecule has 2 heterocycles. The Morgan fingerprint density at radius 2 is 1.95 bits per heavy atom. The Kier molecular flexibility index (Phi) is 5.66. The van der Waals surface area contributed by atoms with E-state index in [2.05, 4.69) is 15.6 Å². The summed E-state index contributed by atoms with van der Waals surface area (Å²) in [5.74, 6) is -0.452. The van der Waals surface area contributed by atoms with E-state index in [1.54, 1.807) is 35.9 Å². The molecule has 0 bridgehead atoms. The predicted molar refractivity (Wildman–Crippen MR) is 86.5 cm³/mol. The second kappa shape index (κ2) is 7.70. The first-order valence-electron chi connectivity index (χ1n) is 7.09. The average Bonchev–Trinajstić information content (AvgIpc) is 3.04. The Labute approximate surface area is 133 Å². The van der Waals surface area contributed by atoms with Crippen LogP contribution in [0.4, 0.5) is 0 Å². The summed E-state index contributed by atoms with van der Waals surface area (Å²) in [6.07, 6.45) is 3.10. The average molecular weight is 317 g/mol. The molecule has 0 spiro atoms. The summed E-state index contributed by atoms with van der Waals surface area (Å²) < 4.78 is 0. The predicted octanol–water partition coefficient (Wildman–Crippen LogP) is 2.21. The van der Waals surface area contributed by atoms with E-state index in [4.69, 9.17) is 0 Å². The molecule has 0 fully saturated rings. The van der Waals surface area contributed by atoms with Crippen LogP contribution in [0, 0.1) is 5.92 Å². The highest BCUT2D eigenvalue weighted by atomic mass is 32.1. The summed E-state index contributed by atoms with van der Waals surface area (Å²) in [6, 6.07) is 6.58. The van der Waals surface area contributed by atoms with Gasteiger partial charge in [0.05, 0.1) is 6.54 Å². The van der Waals surface area contributed by atoms with Gasteiger partial charge in [0, 0.05) is 22.8 Å². The largest absolute Gasteiger partial charge is 0.349 e. The van der Waals surface area contributed by atoms with E-state index in [-0.39, 0.29) is 17.7 Å². The van der Waals surface area contributed by atoms with Gasteiger partial charge in [-0.2, -0.15) is 0 Å². The summed E-state index contributed by atoms with van der Waals surface area (Å²) in [5.41, 5.74) is 0.492. The fourth-order valence-electron chi connectivity index (χ4n) is 1.96. The lowest BCUT2D eigenvalue weighted by molar-refractivity contribution is -0.124. The molecule has 2 aromatic rings. The lowest BCUT2D eigenvalue weighted by Crippen LogP contribution is -2.49. The molecule has 1 atom stereocenters. The Hall–Kier alpha value is -2.21. The number of aromatic nitrogens is 1. The molecule has 2 aromatic heterocycles. The number of nitrogens with zero attached hydrogens (tertiary/aromatic N) is 1. The highest BCUT2D eigenvalue weighted by molar-refractivity contribution is 7.09. The third kappa shape index (κ3) is 4.39. The quantitative estimate of drug-likeness (QED) is 0.858. The normalized spacial score (nSPS) is 12.0. The van der Waals surface area contributed by atoms with Crippen molar-refractivity contribution in [2.24, 2.45) is 5.92 Å². The van der Waals surface area contributed by atoms with Crippen molar-refractivity contribution in [2.45, 2.75) is 26.4 Å². The van der Waals surface area contributed by atoms with Gasteiger partial charge in [-0.25, -0.2) is 0 Å². The van der Waals surface area contributed by atoms with E-state index >= 15 is 0 Å². The molecule has 0 unspecified atom stereocenters. The van der Waals surface area contributed by atoms with Crippen molar-refractivity contribution in [3.05, 3.63) is 52.5 Å². The van der Waals surface area contributed by atoms with E-state index in [0.717, 1.165) is 4.88 Å². The SMILES string of the molecule is CC(C)[C@H](NC(=O)c1ccncc1)C(=O)NCc1cccs1. The minimum Gasteiger partial charge on any atom is -0.349 e. The smallest absolute Gasteiger partial charge is 0.252 e. The van der Waals surface area contributed by atoms with Crippen molar-refractivity contribution >= 4 is 23.2 Å². The molecule has 5 nitrogen and oxygen atoms in total. The Morgan fingerprint density at radius 3 is 2.55 bits per heavy atom. The van der Waals surface area contributed by atoms with Crippen LogP contribution in [-0.4, -0.2) is 22.8 Å². The number of nitrogens with one attached hydrogen (secondary N) is 2. The van der Waals surface area contributed by atoms with Gasteiger partial charge in [0.25, 0.3) is 5.91 Å². The monoisotopic (exact) mass is 317 g/mol. The van der Waals surface area contributed by atoms with Crippen LogP contribution in [0.15, 0.2) is 42.0 Å². The molecule has 2 N–H and O–H groups in total. The molecular formula is C16H19N3O2S. The van der Waals surface area contributed by atoms with E-state index in [1.807, 2.05) is 31.4 Å². The summed E-state index contributed by atoms with van der Waals surface area (Å²) in [6.45, 7) is 4.29. The van der Waals surface area contributed by atoms with Gasteiger partial charge in [-0.15, -0.1) is 11.3 Å². The first-order valence-corrected chi connectivity index (χ1v) is 7.97. The molecule has 2 rings (SSSR count). The molecule has 0 saturated carbocycles. The lowest BCUT2D eigenvalue weighted by atomic mass is 10.0. The molecule has 6 heteroatoms. The molecular weight excluding hydrogens is 298 g/mol. The molecule has 0 aliphatic rings. The van der Waals surface area contributed by atoms with Crippen LogP contribution in [-0.2, 0) is 11.3 Å². The maximum Gasteiger partial charge on any atom is 0.252 e. The Bertz CT molecular complexity index is 612. The topological polar surface area (TPSA) is 71.1 Å². The molecule has 116 valence electrons. The number of amides is 2. The van der Waals surface area contributed by atoms with Crippen molar-refractivity contribution in [3.63, 3.8) is 0 Å². The maximum absolute atomic E-state index is 12.3. The Balaban J connectivity index is 1.97. The molecule has 0 aliphatic carbocycles. The van der Waals surface area contributed by atoms with Gasteiger partial charge < -0.3 is 10.6 Å². The number of rotatable bonds is 6. The van der Waals surface area contributed by atoms with Gasteiger partial charge >= 0.3 is 0 Å². The molecule has 0 saturated heterocycles. The van der Waals surface area contributed by atoms with Crippen LogP contribution in [0.2, 0.25) is 0 Å². The second-order valence-electron chi connectivity index (χ2n) is 5.23. The zero-order valence-corrected chi connectivity index (χ0v) is 13.4. The van der Waals surface area contributed by atoms with Crippen molar-refractivity contribution in [1.82, 2.24) is 15.6 Å². The second-order valence-corrected chi connectivity index (χ2v) is 6.26. The first-order chi connectivity index (χ1) is 10.6. The molecule has 0 radical (unpaired) electrons. The number of hydrogen-bond acceptors (Lipinski definition) is 4. The number of thiophene rings is 1. The van der Waals surface area contributed by atoms with Gasteiger partial charge in [0.1, 0.15) is 6.04 Å². The lowest BCUT2D eigenvalue weighted by Gasteiger charge is -2.21. The van der Waals surface area contributed by atoms with Gasteiger partial charge in [-0.1, -0.05) is 19.9 Å².